The number of hydrogen-bond acceptors (Lipinski definition) is 4. The molecule has 0 unspecified atom stereocenters. The maximum Gasteiger partial charge on any atom is 0.244 e. The molecular weight excluding hydrogens is 503 g/mol. The van der Waals surface area contributed by atoms with Gasteiger partial charge in [0.2, 0.25) is 20.0 Å². The minimum atomic E-state index is -3.95. The third-order valence-corrected chi connectivity index (χ3v) is 9.99. The zero-order valence-electron chi connectivity index (χ0n) is 17.1. The van der Waals surface area contributed by atoms with E-state index in [4.69, 9.17) is 34.8 Å². The molecule has 3 rings (SSSR count). The molecule has 2 aromatic carbocycles. The van der Waals surface area contributed by atoms with Crippen molar-refractivity contribution in [2.45, 2.75) is 30.1 Å². The highest BCUT2D eigenvalue weighted by molar-refractivity contribution is 7.89. The summed E-state index contributed by atoms with van der Waals surface area (Å²) in [6, 6.07) is 9.34. The van der Waals surface area contributed by atoms with Gasteiger partial charge in [-0.25, -0.2) is 16.8 Å². The summed E-state index contributed by atoms with van der Waals surface area (Å²) >= 11 is 17.9. The predicted molar refractivity (Wildman–Crippen MR) is 124 cm³/mol. The van der Waals surface area contributed by atoms with E-state index in [-0.39, 0.29) is 51.0 Å². The average Bonchev–Trinajstić information content (AvgIpc) is 2.70. The van der Waals surface area contributed by atoms with Gasteiger partial charge in [-0.15, -0.1) is 0 Å². The fraction of sp³-hybridized carbons (Fsp3) is 0.400. The fourth-order valence-electron chi connectivity index (χ4n) is 3.41. The van der Waals surface area contributed by atoms with E-state index in [1.165, 1.54) is 20.7 Å². The van der Waals surface area contributed by atoms with E-state index >= 15 is 0 Å². The number of sulfonamides is 2. The molecule has 1 saturated heterocycles. The first-order valence-corrected chi connectivity index (χ1v) is 13.7. The third-order valence-electron chi connectivity index (χ3n) is 5.00. The van der Waals surface area contributed by atoms with Crippen molar-refractivity contribution in [1.29, 1.82) is 0 Å². The maximum atomic E-state index is 13.0. The number of hydrogen-bond donors (Lipinski definition) is 0. The van der Waals surface area contributed by atoms with Crippen LogP contribution in [0.25, 0.3) is 0 Å². The first-order valence-electron chi connectivity index (χ1n) is 9.66. The van der Waals surface area contributed by atoms with Crippen molar-refractivity contribution in [2.24, 2.45) is 5.92 Å². The van der Waals surface area contributed by atoms with Crippen LogP contribution in [0, 0.1) is 5.92 Å². The van der Waals surface area contributed by atoms with Gasteiger partial charge in [0.05, 0.1) is 20.0 Å². The fourth-order valence-corrected chi connectivity index (χ4v) is 7.23. The summed E-state index contributed by atoms with van der Waals surface area (Å²) in [7, 11) is -7.66. The Morgan fingerprint density at radius 1 is 0.774 bits per heavy atom. The van der Waals surface area contributed by atoms with Crippen LogP contribution in [0.3, 0.4) is 0 Å². The van der Waals surface area contributed by atoms with Gasteiger partial charge >= 0.3 is 0 Å². The quantitative estimate of drug-likeness (QED) is 0.519. The lowest BCUT2D eigenvalue weighted by atomic mass is 10.0. The molecule has 0 aromatic heterocycles. The zero-order valence-corrected chi connectivity index (χ0v) is 21.0. The van der Waals surface area contributed by atoms with E-state index in [1.807, 2.05) is 12.1 Å². The molecule has 1 aliphatic rings. The van der Waals surface area contributed by atoms with Crippen molar-refractivity contribution in [3.8, 4) is 0 Å². The Hall–Kier alpha value is -0.870. The topological polar surface area (TPSA) is 74.8 Å². The van der Waals surface area contributed by atoms with Crippen molar-refractivity contribution in [3.05, 3.63) is 57.0 Å². The van der Waals surface area contributed by atoms with Crippen molar-refractivity contribution >= 4 is 54.8 Å². The second-order valence-electron chi connectivity index (χ2n) is 7.75. The van der Waals surface area contributed by atoms with Crippen LogP contribution in [0.15, 0.2) is 46.2 Å². The SMILES string of the molecule is CC(C)Cc1ccc(S(=O)(=O)N2CCN(S(=O)(=O)c3cc(Cl)c(Cl)cc3Cl)CC2)cc1. The summed E-state index contributed by atoms with van der Waals surface area (Å²) < 4.78 is 54.5. The summed E-state index contributed by atoms with van der Waals surface area (Å²) in [5.74, 6) is 0.474. The highest BCUT2D eigenvalue weighted by atomic mass is 35.5. The van der Waals surface area contributed by atoms with E-state index in [9.17, 15) is 16.8 Å². The standard InChI is InChI=1S/C20H23Cl3N2O4S2/c1-14(2)11-15-3-5-16(6-4-15)30(26,27)24-7-9-25(10-8-24)31(28,29)20-13-18(22)17(21)12-19(20)23/h3-6,12-14H,7-11H2,1-2H3. The molecule has 0 bridgehead atoms. The molecule has 0 radical (unpaired) electrons. The lowest BCUT2D eigenvalue weighted by Gasteiger charge is -2.33. The van der Waals surface area contributed by atoms with Gasteiger partial charge in [0.25, 0.3) is 0 Å². The Morgan fingerprint density at radius 3 is 1.77 bits per heavy atom. The van der Waals surface area contributed by atoms with Crippen LogP contribution in [0.5, 0.6) is 0 Å². The molecule has 1 fully saturated rings. The smallest absolute Gasteiger partial charge is 0.207 e. The third kappa shape index (κ3) is 5.38. The van der Waals surface area contributed by atoms with Crippen LogP contribution >= 0.6 is 34.8 Å². The van der Waals surface area contributed by atoms with Crippen LogP contribution < -0.4 is 0 Å². The van der Waals surface area contributed by atoms with Gasteiger partial charge in [0, 0.05) is 26.2 Å². The Kier molecular flexibility index (Phi) is 7.63. The molecule has 1 heterocycles. The average molecular weight is 526 g/mol. The number of nitrogens with zero attached hydrogens (tertiary/aromatic N) is 2. The summed E-state index contributed by atoms with van der Waals surface area (Å²) in [5, 5.41) is 0.193. The Bertz CT molecular complexity index is 1160. The molecule has 11 heteroatoms. The lowest BCUT2D eigenvalue weighted by Crippen LogP contribution is -2.50. The lowest BCUT2D eigenvalue weighted by molar-refractivity contribution is 0.273. The highest BCUT2D eigenvalue weighted by Gasteiger charge is 2.35. The Morgan fingerprint density at radius 2 is 1.26 bits per heavy atom. The highest BCUT2D eigenvalue weighted by Crippen LogP contribution is 2.33. The van der Waals surface area contributed by atoms with E-state index in [0.717, 1.165) is 12.0 Å². The number of piperazine rings is 1. The van der Waals surface area contributed by atoms with Gasteiger partial charge in [0.15, 0.2) is 0 Å². The molecule has 0 aliphatic carbocycles. The van der Waals surface area contributed by atoms with E-state index < -0.39 is 20.0 Å². The van der Waals surface area contributed by atoms with Crippen molar-refractivity contribution in [2.75, 3.05) is 26.2 Å². The molecule has 0 spiro atoms. The van der Waals surface area contributed by atoms with Crippen LogP contribution in [-0.4, -0.2) is 51.6 Å². The van der Waals surface area contributed by atoms with Gasteiger partial charge in [-0.05, 0) is 42.2 Å². The minimum Gasteiger partial charge on any atom is -0.207 e. The molecule has 170 valence electrons. The van der Waals surface area contributed by atoms with Crippen LogP contribution in [0.1, 0.15) is 19.4 Å². The van der Waals surface area contributed by atoms with Gasteiger partial charge in [-0.2, -0.15) is 8.61 Å². The first kappa shape index (κ1) is 24.8. The van der Waals surface area contributed by atoms with E-state index in [0.29, 0.717) is 5.92 Å². The maximum absolute atomic E-state index is 13.0. The van der Waals surface area contributed by atoms with Crippen molar-refractivity contribution < 1.29 is 16.8 Å². The van der Waals surface area contributed by atoms with Gasteiger partial charge in [-0.3, -0.25) is 0 Å². The van der Waals surface area contributed by atoms with Gasteiger partial charge < -0.3 is 0 Å². The second-order valence-corrected chi connectivity index (χ2v) is 12.8. The normalized spacial score (nSPS) is 16.7. The molecule has 0 amide bonds. The van der Waals surface area contributed by atoms with Crippen LogP contribution in [0.4, 0.5) is 0 Å². The molecule has 0 saturated carbocycles. The largest absolute Gasteiger partial charge is 0.244 e. The predicted octanol–water partition coefficient (Wildman–Crippen LogP) is 4.54. The van der Waals surface area contributed by atoms with Crippen molar-refractivity contribution in [3.63, 3.8) is 0 Å². The Balaban J connectivity index is 1.74. The van der Waals surface area contributed by atoms with E-state index in [1.54, 1.807) is 12.1 Å². The van der Waals surface area contributed by atoms with Gasteiger partial charge in [0.1, 0.15) is 4.90 Å². The molecule has 1 aliphatic heterocycles. The Labute approximate surface area is 198 Å². The summed E-state index contributed by atoms with van der Waals surface area (Å²) in [6.45, 7) is 4.28. The minimum absolute atomic E-state index is 0.00354. The molecular formula is C20H23Cl3N2O4S2. The molecule has 2 aromatic rings. The summed E-state index contributed by atoms with van der Waals surface area (Å²) in [5.41, 5.74) is 1.07. The number of benzene rings is 2. The summed E-state index contributed by atoms with van der Waals surface area (Å²) in [4.78, 5) is 0.0458. The number of halogens is 3. The zero-order chi connectivity index (χ0) is 23.0. The molecule has 0 N–H and O–H groups in total. The van der Waals surface area contributed by atoms with E-state index in [2.05, 4.69) is 13.8 Å². The van der Waals surface area contributed by atoms with Crippen LogP contribution in [0.2, 0.25) is 15.1 Å². The van der Waals surface area contributed by atoms with Crippen LogP contribution in [-0.2, 0) is 26.5 Å². The molecule has 6 nitrogen and oxygen atoms in total. The first-order chi connectivity index (χ1) is 14.4. The second kappa shape index (κ2) is 9.55. The van der Waals surface area contributed by atoms with Crippen molar-refractivity contribution in [1.82, 2.24) is 8.61 Å². The van der Waals surface area contributed by atoms with Gasteiger partial charge in [-0.1, -0.05) is 60.8 Å². The molecule has 31 heavy (non-hydrogen) atoms. The summed E-state index contributed by atoms with van der Waals surface area (Å²) in [6.07, 6.45) is 0.869. The monoisotopic (exact) mass is 524 g/mol. The number of rotatable bonds is 6. The molecule has 0 atom stereocenters.